The fraction of sp³-hybridized carbons (Fsp3) is 0.286. The van der Waals surface area contributed by atoms with Gasteiger partial charge in [0.25, 0.3) is 0 Å². The molecular weight excluding hydrogens is 362 g/mol. The summed E-state index contributed by atoms with van der Waals surface area (Å²) in [6, 6.07) is 8.35. The molecule has 3 N–H and O–H groups in total. The minimum Gasteiger partial charge on any atom is -0.508 e. The van der Waals surface area contributed by atoms with Crippen molar-refractivity contribution in [2.24, 2.45) is 0 Å². The van der Waals surface area contributed by atoms with Crippen LogP contribution >= 0.6 is 0 Å². The smallest absolute Gasteiger partial charge is 0.235 e. The number of ether oxygens (including phenoxy) is 1. The zero-order valence-corrected chi connectivity index (χ0v) is 16.1. The summed E-state index contributed by atoms with van der Waals surface area (Å²) >= 11 is 0. The molecule has 0 amide bonds. The number of phenolic OH excluding ortho intramolecular Hbond substituents is 3. The molecule has 0 spiro atoms. The van der Waals surface area contributed by atoms with Gasteiger partial charge in [-0.1, -0.05) is 0 Å². The Kier molecular flexibility index (Phi) is 5.20. The molecule has 7 heteroatoms. The molecule has 148 valence electrons. The van der Waals surface area contributed by atoms with Crippen LogP contribution in [0, 0.1) is 0 Å². The van der Waals surface area contributed by atoms with E-state index < -0.39 is 0 Å². The van der Waals surface area contributed by atoms with Crippen LogP contribution in [0.5, 0.6) is 23.0 Å². The molecule has 0 atom stereocenters. The quantitative estimate of drug-likeness (QED) is 0.342. The van der Waals surface area contributed by atoms with Crippen LogP contribution in [0.15, 0.2) is 45.6 Å². The zero-order valence-electron chi connectivity index (χ0n) is 16.1. The normalized spacial score (nSPS) is 11.7. The van der Waals surface area contributed by atoms with Crippen LogP contribution in [-0.4, -0.2) is 54.1 Å². The van der Waals surface area contributed by atoms with Gasteiger partial charge in [0, 0.05) is 18.1 Å². The van der Waals surface area contributed by atoms with Gasteiger partial charge < -0.3 is 29.0 Å². The summed E-state index contributed by atoms with van der Waals surface area (Å²) < 4.78 is 12.4. The second-order valence-corrected chi connectivity index (χ2v) is 7.69. The molecule has 2 aromatic carbocycles. The predicted octanol–water partition coefficient (Wildman–Crippen LogP) is 3.05. The molecule has 1 aromatic heterocycles. The van der Waals surface area contributed by atoms with Gasteiger partial charge in [-0.05, 0) is 30.3 Å². The van der Waals surface area contributed by atoms with Crippen LogP contribution in [0.1, 0.15) is 6.42 Å². The average molecular weight is 386 g/mol. The summed E-state index contributed by atoms with van der Waals surface area (Å²) in [6.45, 7) is 1.18. The SMILES string of the molecule is C[N+](C)(C)CCCOc1c(-c2ccc(O)c(O)c2)oc2cc(O)ccc2c1=O. The third-order valence-electron chi connectivity index (χ3n) is 4.29. The second-order valence-electron chi connectivity index (χ2n) is 7.69. The van der Waals surface area contributed by atoms with Gasteiger partial charge in [-0.2, -0.15) is 0 Å². The Balaban J connectivity index is 2.08. The van der Waals surface area contributed by atoms with Crippen molar-refractivity contribution in [2.75, 3.05) is 34.3 Å². The Morgan fingerprint density at radius 2 is 1.75 bits per heavy atom. The molecule has 3 rings (SSSR count). The number of benzene rings is 2. The van der Waals surface area contributed by atoms with Gasteiger partial charge in [-0.25, -0.2) is 0 Å². The summed E-state index contributed by atoms with van der Waals surface area (Å²) in [5, 5.41) is 29.4. The summed E-state index contributed by atoms with van der Waals surface area (Å²) in [7, 11) is 6.21. The molecule has 0 fully saturated rings. The first-order valence-electron chi connectivity index (χ1n) is 8.91. The first-order valence-corrected chi connectivity index (χ1v) is 8.91. The molecule has 28 heavy (non-hydrogen) atoms. The largest absolute Gasteiger partial charge is 0.508 e. The van der Waals surface area contributed by atoms with Gasteiger partial charge in [0.1, 0.15) is 11.3 Å². The van der Waals surface area contributed by atoms with E-state index in [-0.39, 0.29) is 45.2 Å². The van der Waals surface area contributed by atoms with Crippen LogP contribution in [-0.2, 0) is 0 Å². The molecule has 0 aliphatic heterocycles. The van der Waals surface area contributed by atoms with Crippen molar-refractivity contribution >= 4 is 11.0 Å². The van der Waals surface area contributed by atoms with E-state index in [1.807, 2.05) is 0 Å². The van der Waals surface area contributed by atoms with E-state index >= 15 is 0 Å². The van der Waals surface area contributed by atoms with Gasteiger partial charge in [0.05, 0.1) is 39.7 Å². The highest BCUT2D eigenvalue weighted by atomic mass is 16.5. The average Bonchev–Trinajstić information content (AvgIpc) is 2.61. The van der Waals surface area contributed by atoms with Gasteiger partial charge in [0.15, 0.2) is 17.3 Å². The molecule has 7 nitrogen and oxygen atoms in total. The second kappa shape index (κ2) is 7.44. The zero-order chi connectivity index (χ0) is 20.5. The Morgan fingerprint density at radius 1 is 1.00 bits per heavy atom. The lowest BCUT2D eigenvalue weighted by atomic mass is 10.1. The van der Waals surface area contributed by atoms with Crippen molar-refractivity contribution in [3.05, 3.63) is 46.6 Å². The molecular formula is C21H24NO6+. The van der Waals surface area contributed by atoms with E-state index in [9.17, 15) is 20.1 Å². The summed E-state index contributed by atoms with van der Waals surface area (Å²) in [5.74, 6) is -0.498. The van der Waals surface area contributed by atoms with Crippen LogP contribution in [0.25, 0.3) is 22.3 Å². The Morgan fingerprint density at radius 3 is 2.43 bits per heavy atom. The van der Waals surface area contributed by atoms with Gasteiger partial charge >= 0.3 is 0 Å². The van der Waals surface area contributed by atoms with Crippen molar-refractivity contribution in [1.82, 2.24) is 0 Å². The monoisotopic (exact) mass is 386 g/mol. The van der Waals surface area contributed by atoms with Gasteiger partial charge in [-0.3, -0.25) is 4.79 Å². The highest BCUT2D eigenvalue weighted by molar-refractivity contribution is 5.83. The van der Waals surface area contributed by atoms with Crippen LogP contribution < -0.4 is 10.2 Å². The minimum atomic E-state index is -0.367. The Bertz CT molecular complexity index is 1060. The van der Waals surface area contributed by atoms with Gasteiger partial charge in [-0.15, -0.1) is 0 Å². The van der Waals surface area contributed by atoms with Crippen molar-refractivity contribution in [1.29, 1.82) is 0 Å². The minimum absolute atomic E-state index is 0.0321. The van der Waals surface area contributed by atoms with Crippen LogP contribution in [0.3, 0.4) is 0 Å². The number of fused-ring (bicyclic) bond motifs is 1. The maximum atomic E-state index is 13.0. The maximum absolute atomic E-state index is 13.0. The number of nitrogens with zero attached hydrogens (tertiary/aromatic N) is 1. The molecule has 0 saturated heterocycles. The van der Waals surface area contributed by atoms with Crippen LogP contribution in [0.2, 0.25) is 0 Å². The van der Waals surface area contributed by atoms with Crippen LogP contribution in [0.4, 0.5) is 0 Å². The third-order valence-corrected chi connectivity index (χ3v) is 4.29. The van der Waals surface area contributed by atoms with Gasteiger partial charge in [0.2, 0.25) is 11.2 Å². The summed E-state index contributed by atoms with van der Waals surface area (Å²) in [5.41, 5.74) is 0.208. The first kappa shape index (κ1) is 19.6. The molecule has 0 radical (unpaired) electrons. The lowest BCUT2D eigenvalue weighted by Crippen LogP contribution is -2.36. The fourth-order valence-corrected chi connectivity index (χ4v) is 2.86. The molecule has 0 bridgehead atoms. The number of quaternary nitrogens is 1. The van der Waals surface area contributed by atoms with E-state index in [1.165, 1.54) is 36.4 Å². The van der Waals surface area contributed by atoms with Crippen molar-refractivity contribution in [3.63, 3.8) is 0 Å². The topological polar surface area (TPSA) is 100 Å². The summed E-state index contributed by atoms with van der Waals surface area (Å²) in [6.07, 6.45) is 0.733. The Labute approximate surface area is 162 Å². The number of hydrogen-bond acceptors (Lipinski definition) is 6. The lowest BCUT2D eigenvalue weighted by molar-refractivity contribution is -0.870. The first-order chi connectivity index (χ1) is 13.2. The number of hydrogen-bond donors (Lipinski definition) is 3. The number of aromatic hydroxyl groups is 3. The third kappa shape index (κ3) is 4.20. The highest BCUT2D eigenvalue weighted by Crippen LogP contribution is 2.36. The molecule has 0 aliphatic rings. The van der Waals surface area contributed by atoms with E-state index in [4.69, 9.17) is 9.15 Å². The Hall–Kier alpha value is -3.19. The van der Waals surface area contributed by atoms with Crippen molar-refractivity contribution in [3.8, 4) is 34.3 Å². The van der Waals surface area contributed by atoms with Crippen molar-refractivity contribution < 1.29 is 29.0 Å². The molecule has 0 unspecified atom stereocenters. The van der Waals surface area contributed by atoms with E-state index in [1.54, 1.807) is 0 Å². The molecule has 3 aromatic rings. The summed E-state index contributed by atoms with van der Waals surface area (Å²) in [4.78, 5) is 13.0. The fourth-order valence-electron chi connectivity index (χ4n) is 2.86. The standard InChI is InChI=1S/C21H23NO6/c1-22(2,3)9-4-10-27-21-19(26)15-7-6-14(23)12-18(15)28-20(21)13-5-8-16(24)17(25)11-13/h5-8,11-12H,4,9-10H2,1-3H3,(H2-,23,24,25,26)/p+1. The van der Waals surface area contributed by atoms with E-state index in [2.05, 4.69) is 21.1 Å². The van der Waals surface area contributed by atoms with E-state index in [0.29, 0.717) is 12.2 Å². The maximum Gasteiger partial charge on any atom is 0.235 e. The number of rotatable bonds is 6. The molecule has 1 heterocycles. The van der Waals surface area contributed by atoms with E-state index in [0.717, 1.165) is 17.4 Å². The lowest BCUT2D eigenvalue weighted by Gasteiger charge is -2.23. The molecule has 0 aliphatic carbocycles. The molecule has 0 saturated carbocycles. The van der Waals surface area contributed by atoms with Crippen molar-refractivity contribution in [2.45, 2.75) is 6.42 Å². The predicted molar refractivity (Wildman–Crippen MR) is 106 cm³/mol. The highest BCUT2D eigenvalue weighted by Gasteiger charge is 2.19. The number of phenols is 3.